The van der Waals surface area contributed by atoms with E-state index in [-0.39, 0.29) is 0 Å². The molecule has 94 valence electrons. The highest BCUT2D eigenvalue weighted by Crippen LogP contribution is 2.21. The number of benzene rings is 1. The molecule has 0 atom stereocenters. The topological polar surface area (TPSA) is 51.2 Å². The molecule has 0 aliphatic rings. The number of carbonyl (C=O) groups is 1. The predicted molar refractivity (Wildman–Crippen MR) is 71.8 cm³/mol. The lowest BCUT2D eigenvalue weighted by Crippen LogP contribution is -2.13. The van der Waals surface area contributed by atoms with Crippen LogP contribution in [0.2, 0.25) is 0 Å². The van der Waals surface area contributed by atoms with Gasteiger partial charge in [-0.05, 0) is 36.9 Å². The summed E-state index contributed by atoms with van der Waals surface area (Å²) in [6, 6.07) is 7.70. The van der Waals surface area contributed by atoms with E-state index in [0.29, 0.717) is 6.61 Å². The number of fused-ring (bicyclic) bond motifs is 1. The van der Waals surface area contributed by atoms with Crippen molar-refractivity contribution in [3.63, 3.8) is 0 Å². The van der Waals surface area contributed by atoms with E-state index in [1.54, 1.807) is 13.1 Å². The molecule has 0 saturated carbocycles. The lowest BCUT2D eigenvalue weighted by Gasteiger charge is -2.08. The van der Waals surface area contributed by atoms with Gasteiger partial charge in [0.05, 0.1) is 6.61 Å². The van der Waals surface area contributed by atoms with E-state index in [1.807, 2.05) is 24.3 Å². The zero-order chi connectivity index (χ0) is 13.0. The lowest BCUT2D eigenvalue weighted by atomic mass is 10.1. The van der Waals surface area contributed by atoms with Gasteiger partial charge in [-0.1, -0.05) is 13.0 Å². The van der Waals surface area contributed by atoms with Crippen molar-refractivity contribution in [3.8, 4) is 0 Å². The number of anilines is 1. The van der Waals surface area contributed by atoms with Gasteiger partial charge in [0.2, 0.25) is 0 Å². The molecule has 0 saturated heterocycles. The van der Waals surface area contributed by atoms with Crippen molar-refractivity contribution in [1.29, 1.82) is 0 Å². The maximum atomic E-state index is 11.3. The van der Waals surface area contributed by atoms with E-state index in [4.69, 9.17) is 4.74 Å². The Morgan fingerprint density at radius 2 is 2.17 bits per heavy atom. The molecule has 0 aliphatic heterocycles. The highest BCUT2D eigenvalue weighted by molar-refractivity contribution is 5.92. The van der Waals surface area contributed by atoms with Gasteiger partial charge in [0.15, 0.2) is 0 Å². The first-order valence-electron chi connectivity index (χ1n) is 6.06. The molecule has 18 heavy (non-hydrogen) atoms. The molecule has 0 bridgehead atoms. The molecule has 1 aromatic carbocycles. The predicted octanol–water partition coefficient (Wildman–Crippen LogP) is 3.37. The molecule has 0 fully saturated rings. The highest BCUT2D eigenvalue weighted by atomic mass is 16.5. The Morgan fingerprint density at radius 1 is 1.33 bits per heavy atom. The minimum Gasteiger partial charge on any atom is -0.450 e. The summed E-state index contributed by atoms with van der Waals surface area (Å²) in [5.41, 5.74) is 1.80. The fourth-order valence-corrected chi connectivity index (χ4v) is 1.89. The third kappa shape index (κ3) is 2.59. The standard InChI is InChI=1S/C14H16N2O2/c1-3-13-12-6-5-11(16-14(17)18-4-2)9-10(12)7-8-15-13/h5-9H,3-4H2,1-2H3,(H,16,17). The average molecular weight is 244 g/mol. The minimum absolute atomic E-state index is 0.364. The smallest absolute Gasteiger partial charge is 0.411 e. The molecular formula is C14H16N2O2. The molecule has 1 amide bonds. The second-order valence-corrected chi connectivity index (χ2v) is 3.89. The summed E-state index contributed by atoms with van der Waals surface area (Å²) in [4.78, 5) is 15.7. The first-order valence-corrected chi connectivity index (χ1v) is 6.06. The average Bonchev–Trinajstić information content (AvgIpc) is 2.38. The Hall–Kier alpha value is -2.10. The Bertz CT molecular complexity index is 567. The van der Waals surface area contributed by atoms with Crippen LogP contribution in [0, 0.1) is 0 Å². The van der Waals surface area contributed by atoms with Crippen LogP contribution in [-0.4, -0.2) is 17.7 Å². The number of aromatic nitrogens is 1. The van der Waals surface area contributed by atoms with E-state index < -0.39 is 6.09 Å². The minimum atomic E-state index is -0.429. The Morgan fingerprint density at radius 3 is 2.89 bits per heavy atom. The van der Waals surface area contributed by atoms with Crippen LogP contribution in [0.3, 0.4) is 0 Å². The van der Waals surface area contributed by atoms with Gasteiger partial charge >= 0.3 is 6.09 Å². The molecule has 0 radical (unpaired) electrons. The molecular weight excluding hydrogens is 228 g/mol. The molecule has 4 heteroatoms. The molecule has 2 aromatic rings. The lowest BCUT2D eigenvalue weighted by molar-refractivity contribution is 0.168. The van der Waals surface area contributed by atoms with Gasteiger partial charge in [0.25, 0.3) is 0 Å². The Balaban J connectivity index is 2.30. The second kappa shape index (κ2) is 5.49. The number of pyridine rings is 1. The van der Waals surface area contributed by atoms with Gasteiger partial charge in [0.1, 0.15) is 0 Å². The van der Waals surface area contributed by atoms with Crippen LogP contribution in [0.25, 0.3) is 10.8 Å². The number of hydrogen-bond acceptors (Lipinski definition) is 3. The van der Waals surface area contributed by atoms with Gasteiger partial charge in [-0.15, -0.1) is 0 Å². The summed E-state index contributed by atoms with van der Waals surface area (Å²) in [6.45, 7) is 4.22. The van der Waals surface area contributed by atoms with Crippen molar-refractivity contribution < 1.29 is 9.53 Å². The molecule has 1 heterocycles. The number of rotatable bonds is 3. The van der Waals surface area contributed by atoms with E-state index >= 15 is 0 Å². The van der Waals surface area contributed by atoms with Crippen LogP contribution in [-0.2, 0) is 11.2 Å². The summed E-state index contributed by atoms with van der Waals surface area (Å²) >= 11 is 0. The van der Waals surface area contributed by atoms with Crippen molar-refractivity contribution in [2.75, 3.05) is 11.9 Å². The third-order valence-electron chi connectivity index (χ3n) is 2.70. The SMILES string of the molecule is CCOC(=O)Nc1ccc2c(CC)nccc2c1. The van der Waals surface area contributed by atoms with Crippen molar-refractivity contribution in [3.05, 3.63) is 36.2 Å². The van der Waals surface area contributed by atoms with Crippen molar-refractivity contribution in [1.82, 2.24) is 4.98 Å². The summed E-state index contributed by atoms with van der Waals surface area (Å²) in [7, 11) is 0. The van der Waals surface area contributed by atoms with Crippen LogP contribution >= 0.6 is 0 Å². The summed E-state index contributed by atoms with van der Waals surface area (Å²) in [6.07, 6.45) is 2.25. The largest absolute Gasteiger partial charge is 0.450 e. The van der Waals surface area contributed by atoms with Crippen molar-refractivity contribution in [2.24, 2.45) is 0 Å². The number of aryl methyl sites for hydroxylation is 1. The van der Waals surface area contributed by atoms with Crippen LogP contribution in [0.4, 0.5) is 10.5 Å². The zero-order valence-electron chi connectivity index (χ0n) is 10.6. The highest BCUT2D eigenvalue weighted by Gasteiger charge is 2.04. The van der Waals surface area contributed by atoms with Gasteiger partial charge in [-0.3, -0.25) is 10.3 Å². The van der Waals surface area contributed by atoms with E-state index in [0.717, 1.165) is 28.6 Å². The monoisotopic (exact) mass is 244 g/mol. The van der Waals surface area contributed by atoms with Gasteiger partial charge in [0, 0.05) is 23.0 Å². The maximum absolute atomic E-state index is 11.3. The first kappa shape index (κ1) is 12.4. The number of nitrogens with one attached hydrogen (secondary N) is 1. The summed E-state index contributed by atoms with van der Waals surface area (Å²) in [5.74, 6) is 0. The maximum Gasteiger partial charge on any atom is 0.411 e. The number of amides is 1. The van der Waals surface area contributed by atoms with Gasteiger partial charge in [-0.2, -0.15) is 0 Å². The van der Waals surface area contributed by atoms with Crippen LogP contribution in [0.5, 0.6) is 0 Å². The van der Waals surface area contributed by atoms with E-state index in [1.165, 1.54) is 0 Å². The van der Waals surface area contributed by atoms with Gasteiger partial charge < -0.3 is 4.74 Å². The van der Waals surface area contributed by atoms with Gasteiger partial charge in [-0.25, -0.2) is 4.79 Å². The number of hydrogen-bond donors (Lipinski definition) is 1. The molecule has 2 rings (SSSR count). The fraction of sp³-hybridized carbons (Fsp3) is 0.286. The Kier molecular flexibility index (Phi) is 3.77. The summed E-state index contributed by atoms with van der Waals surface area (Å²) < 4.78 is 4.84. The quantitative estimate of drug-likeness (QED) is 0.900. The third-order valence-corrected chi connectivity index (χ3v) is 2.70. The number of nitrogens with zero attached hydrogens (tertiary/aromatic N) is 1. The molecule has 1 N–H and O–H groups in total. The van der Waals surface area contributed by atoms with Crippen LogP contribution in [0.15, 0.2) is 30.5 Å². The molecule has 1 aromatic heterocycles. The number of ether oxygens (including phenoxy) is 1. The number of carbonyl (C=O) groups excluding carboxylic acids is 1. The van der Waals surface area contributed by atoms with Crippen molar-refractivity contribution >= 4 is 22.6 Å². The molecule has 0 spiro atoms. The molecule has 4 nitrogen and oxygen atoms in total. The van der Waals surface area contributed by atoms with Crippen LogP contribution in [0.1, 0.15) is 19.5 Å². The molecule has 0 unspecified atom stereocenters. The van der Waals surface area contributed by atoms with E-state index in [2.05, 4.69) is 17.2 Å². The first-order chi connectivity index (χ1) is 8.74. The normalized spacial score (nSPS) is 10.3. The Labute approximate surface area is 106 Å². The van der Waals surface area contributed by atoms with E-state index in [9.17, 15) is 4.79 Å². The summed E-state index contributed by atoms with van der Waals surface area (Å²) in [5, 5.41) is 4.88. The fourth-order valence-electron chi connectivity index (χ4n) is 1.89. The van der Waals surface area contributed by atoms with Crippen LogP contribution < -0.4 is 5.32 Å². The zero-order valence-corrected chi connectivity index (χ0v) is 10.6. The van der Waals surface area contributed by atoms with Crippen molar-refractivity contribution in [2.45, 2.75) is 20.3 Å². The molecule has 0 aliphatic carbocycles. The second-order valence-electron chi connectivity index (χ2n) is 3.89.